The molecule has 0 aromatic heterocycles. The molecule has 0 radical (unpaired) electrons. The fourth-order valence-corrected chi connectivity index (χ4v) is 5.16. The van der Waals surface area contributed by atoms with Crippen molar-refractivity contribution in [1.29, 1.82) is 0 Å². The van der Waals surface area contributed by atoms with E-state index in [1.807, 2.05) is 37.3 Å². The molecule has 0 unspecified atom stereocenters. The zero-order valence-electron chi connectivity index (χ0n) is 23.3. The van der Waals surface area contributed by atoms with Crippen LogP contribution in [0.4, 0.5) is 10.1 Å². The highest BCUT2D eigenvalue weighted by molar-refractivity contribution is 7.92. The Morgan fingerprint density at radius 3 is 2.33 bits per heavy atom. The number of carbonyl (C=O) groups is 2. The van der Waals surface area contributed by atoms with Gasteiger partial charge in [-0.2, -0.15) is 0 Å². The molecular formula is C30H36FN3O5S. The van der Waals surface area contributed by atoms with Gasteiger partial charge >= 0.3 is 0 Å². The molecule has 3 aromatic carbocycles. The van der Waals surface area contributed by atoms with Crippen LogP contribution in [0, 0.1) is 12.7 Å². The minimum absolute atomic E-state index is 0.156. The first-order chi connectivity index (χ1) is 19.0. The van der Waals surface area contributed by atoms with Crippen molar-refractivity contribution in [3.8, 4) is 5.75 Å². The van der Waals surface area contributed by atoms with Gasteiger partial charge in [0.1, 0.15) is 24.2 Å². The Morgan fingerprint density at radius 1 is 1.02 bits per heavy atom. The fraction of sp³-hybridized carbons (Fsp3) is 0.333. The van der Waals surface area contributed by atoms with Gasteiger partial charge in [0.15, 0.2) is 0 Å². The van der Waals surface area contributed by atoms with E-state index < -0.39 is 40.2 Å². The maximum absolute atomic E-state index is 14.8. The Hall–Kier alpha value is -3.92. The molecule has 0 spiro atoms. The topological polar surface area (TPSA) is 96.0 Å². The summed E-state index contributed by atoms with van der Waals surface area (Å²) in [6.07, 6.45) is 1.84. The molecule has 0 aliphatic heterocycles. The van der Waals surface area contributed by atoms with E-state index in [4.69, 9.17) is 4.74 Å². The highest BCUT2D eigenvalue weighted by Gasteiger charge is 2.34. The van der Waals surface area contributed by atoms with Crippen LogP contribution >= 0.6 is 0 Å². The average Bonchev–Trinajstić information content (AvgIpc) is 2.93. The van der Waals surface area contributed by atoms with Crippen LogP contribution in [0.1, 0.15) is 30.0 Å². The van der Waals surface area contributed by atoms with Crippen molar-refractivity contribution in [2.75, 3.05) is 30.8 Å². The minimum atomic E-state index is -3.96. The molecule has 0 bridgehead atoms. The fourth-order valence-electron chi connectivity index (χ4n) is 4.32. The summed E-state index contributed by atoms with van der Waals surface area (Å²) in [5.74, 6) is -1.33. The Bertz CT molecular complexity index is 1420. The lowest BCUT2D eigenvalue weighted by Gasteiger charge is -2.33. The van der Waals surface area contributed by atoms with Gasteiger partial charge in [-0.05, 0) is 42.7 Å². The summed E-state index contributed by atoms with van der Waals surface area (Å²) in [6, 6.07) is 19.2. The number of rotatable bonds is 13. The first kappa shape index (κ1) is 30.6. The van der Waals surface area contributed by atoms with Crippen LogP contribution < -0.4 is 14.4 Å². The monoisotopic (exact) mass is 569 g/mol. The van der Waals surface area contributed by atoms with Crippen molar-refractivity contribution in [3.63, 3.8) is 0 Å². The number of sulfonamides is 1. The zero-order chi connectivity index (χ0) is 29.3. The molecule has 8 nitrogen and oxygen atoms in total. The van der Waals surface area contributed by atoms with E-state index in [1.54, 1.807) is 31.2 Å². The Morgan fingerprint density at radius 2 is 1.70 bits per heavy atom. The van der Waals surface area contributed by atoms with E-state index >= 15 is 0 Å². The number of ether oxygens (including phenoxy) is 1. The van der Waals surface area contributed by atoms with Crippen LogP contribution in [0.5, 0.6) is 5.75 Å². The average molecular weight is 570 g/mol. The molecule has 0 saturated carbocycles. The van der Waals surface area contributed by atoms with Crippen LogP contribution in [0.3, 0.4) is 0 Å². The summed E-state index contributed by atoms with van der Waals surface area (Å²) < 4.78 is 47.1. The van der Waals surface area contributed by atoms with Crippen LogP contribution in [-0.2, 0) is 32.6 Å². The Balaban J connectivity index is 2.09. The number of aryl methyl sites for hydroxylation is 1. The lowest BCUT2D eigenvalue weighted by Crippen LogP contribution is -2.53. The molecule has 40 heavy (non-hydrogen) atoms. The molecule has 3 aromatic rings. The smallest absolute Gasteiger partial charge is 0.244 e. The van der Waals surface area contributed by atoms with Gasteiger partial charge in [0.05, 0.1) is 19.1 Å². The molecule has 2 amide bonds. The molecule has 0 aliphatic carbocycles. The van der Waals surface area contributed by atoms with E-state index in [0.29, 0.717) is 13.0 Å². The summed E-state index contributed by atoms with van der Waals surface area (Å²) >= 11 is 0. The quantitative estimate of drug-likeness (QED) is 0.335. The second-order valence-electron chi connectivity index (χ2n) is 9.55. The number of halogens is 1. The maximum Gasteiger partial charge on any atom is 0.244 e. The summed E-state index contributed by atoms with van der Waals surface area (Å²) in [5, 5.41) is 2.85. The molecular weight excluding hydrogens is 533 g/mol. The Labute approximate surface area is 235 Å². The molecule has 10 heteroatoms. The number of anilines is 1. The predicted molar refractivity (Wildman–Crippen MR) is 154 cm³/mol. The van der Waals surface area contributed by atoms with Gasteiger partial charge in [0.25, 0.3) is 0 Å². The minimum Gasteiger partial charge on any atom is -0.495 e. The normalized spacial score (nSPS) is 11.9. The molecule has 214 valence electrons. The number of nitrogens with zero attached hydrogens (tertiary/aromatic N) is 2. The number of hydrogen-bond donors (Lipinski definition) is 1. The van der Waals surface area contributed by atoms with E-state index in [2.05, 4.69) is 5.32 Å². The van der Waals surface area contributed by atoms with Gasteiger partial charge in [0, 0.05) is 25.1 Å². The lowest BCUT2D eigenvalue weighted by atomic mass is 10.0. The number of nitrogens with one attached hydrogen (secondary N) is 1. The summed E-state index contributed by atoms with van der Waals surface area (Å²) in [7, 11) is -2.55. The van der Waals surface area contributed by atoms with Crippen molar-refractivity contribution in [2.45, 2.75) is 39.3 Å². The number of carbonyl (C=O) groups excluding carboxylic acids is 2. The third-order valence-electron chi connectivity index (χ3n) is 6.40. The molecule has 0 aliphatic rings. The third-order valence-corrected chi connectivity index (χ3v) is 7.53. The number of hydrogen-bond acceptors (Lipinski definition) is 5. The van der Waals surface area contributed by atoms with Crippen LogP contribution in [0.2, 0.25) is 0 Å². The highest BCUT2D eigenvalue weighted by Crippen LogP contribution is 2.31. The van der Waals surface area contributed by atoms with Gasteiger partial charge in [-0.15, -0.1) is 0 Å². The lowest BCUT2D eigenvalue weighted by molar-refractivity contribution is -0.140. The van der Waals surface area contributed by atoms with E-state index in [9.17, 15) is 22.4 Å². The first-order valence-corrected chi connectivity index (χ1v) is 14.9. The molecule has 1 atom stereocenters. The second-order valence-corrected chi connectivity index (χ2v) is 11.5. The van der Waals surface area contributed by atoms with Crippen molar-refractivity contribution >= 4 is 27.5 Å². The maximum atomic E-state index is 14.8. The van der Waals surface area contributed by atoms with E-state index in [-0.39, 0.29) is 30.0 Å². The van der Waals surface area contributed by atoms with Gasteiger partial charge in [0.2, 0.25) is 21.8 Å². The van der Waals surface area contributed by atoms with Gasteiger partial charge in [-0.1, -0.05) is 61.5 Å². The standard InChI is InChI=1S/C30H36FN3O5S/c1-5-17-32-30(36)27(19-23-11-7-6-8-12-23)33(20-24-13-9-10-14-25(24)31)29(35)21-34(40(4,37)38)26-18-22(2)15-16-28(26)39-3/h6-16,18,27H,5,17,19-21H2,1-4H3,(H,32,36)/t27-/m1/s1. The SMILES string of the molecule is CCCNC(=O)[C@@H](Cc1ccccc1)N(Cc1ccccc1F)C(=O)CN(c1cc(C)ccc1OC)S(C)(=O)=O. The largest absolute Gasteiger partial charge is 0.495 e. The van der Waals surface area contributed by atoms with Crippen LogP contribution in [0.15, 0.2) is 72.8 Å². The van der Waals surface area contributed by atoms with Crippen molar-refractivity contribution in [3.05, 3.63) is 95.3 Å². The number of methoxy groups -OCH3 is 1. The first-order valence-electron chi connectivity index (χ1n) is 13.0. The molecule has 0 heterocycles. The van der Waals surface area contributed by atoms with Gasteiger partial charge in [-0.3, -0.25) is 13.9 Å². The van der Waals surface area contributed by atoms with Crippen molar-refractivity contribution in [2.24, 2.45) is 0 Å². The molecule has 1 N–H and O–H groups in total. The zero-order valence-corrected chi connectivity index (χ0v) is 24.1. The van der Waals surface area contributed by atoms with Gasteiger partial charge < -0.3 is 15.0 Å². The highest BCUT2D eigenvalue weighted by atomic mass is 32.2. The van der Waals surface area contributed by atoms with E-state index in [0.717, 1.165) is 21.7 Å². The third kappa shape index (κ3) is 8.05. The predicted octanol–water partition coefficient (Wildman–Crippen LogP) is 4.08. The number of amides is 2. The summed E-state index contributed by atoms with van der Waals surface area (Å²) in [5.41, 5.74) is 1.96. The number of benzene rings is 3. The molecule has 0 fully saturated rings. The van der Waals surface area contributed by atoms with Crippen molar-refractivity contribution < 1.29 is 27.1 Å². The molecule has 0 saturated heterocycles. The van der Waals surface area contributed by atoms with Crippen LogP contribution in [-0.4, -0.2) is 57.6 Å². The second kappa shape index (κ2) is 13.9. The summed E-state index contributed by atoms with van der Waals surface area (Å²) in [6.45, 7) is 3.25. The summed E-state index contributed by atoms with van der Waals surface area (Å²) in [4.78, 5) is 28.8. The van der Waals surface area contributed by atoms with E-state index in [1.165, 1.54) is 30.2 Å². The van der Waals surface area contributed by atoms with Crippen molar-refractivity contribution in [1.82, 2.24) is 10.2 Å². The Kier molecular flexibility index (Phi) is 10.7. The van der Waals surface area contributed by atoms with Gasteiger partial charge in [-0.25, -0.2) is 12.8 Å². The van der Waals surface area contributed by atoms with Crippen LogP contribution in [0.25, 0.3) is 0 Å². The molecule has 3 rings (SSSR count).